The quantitative estimate of drug-likeness (QED) is 0.708. The van der Waals surface area contributed by atoms with Gasteiger partial charge in [0.15, 0.2) is 0 Å². The first kappa shape index (κ1) is 20.9. The third kappa shape index (κ3) is 4.12. The number of carbonyl (C=O) groups is 2. The lowest BCUT2D eigenvalue weighted by Crippen LogP contribution is -2.26. The number of methoxy groups -OCH3 is 2. The molecule has 0 atom stereocenters. The predicted molar refractivity (Wildman–Crippen MR) is 100 cm³/mol. The number of benzene rings is 1. The van der Waals surface area contributed by atoms with Crippen LogP contribution in [0.4, 0.5) is 18.9 Å². The zero-order valence-corrected chi connectivity index (χ0v) is 15.9. The van der Waals surface area contributed by atoms with Crippen LogP contribution in [-0.2, 0) is 25.2 Å². The van der Waals surface area contributed by atoms with Gasteiger partial charge < -0.3 is 14.4 Å². The van der Waals surface area contributed by atoms with Gasteiger partial charge in [0.2, 0.25) is 0 Å². The van der Waals surface area contributed by atoms with Crippen LogP contribution in [0.5, 0.6) is 0 Å². The minimum Gasteiger partial charge on any atom is -0.465 e. The third-order valence-electron chi connectivity index (χ3n) is 4.19. The number of alkyl halides is 3. The summed E-state index contributed by atoms with van der Waals surface area (Å²) in [6, 6.07) is 6.19. The van der Waals surface area contributed by atoms with E-state index in [1.807, 2.05) is 0 Å². The molecule has 1 aliphatic rings. The second-order valence-electron chi connectivity index (χ2n) is 6.00. The third-order valence-corrected chi connectivity index (χ3v) is 4.19. The molecule has 0 fully saturated rings. The van der Waals surface area contributed by atoms with Gasteiger partial charge in [-0.3, -0.25) is 0 Å². The zero-order chi connectivity index (χ0) is 21.9. The molecule has 0 N–H and O–H groups in total. The Bertz CT molecular complexity index is 1050. The largest absolute Gasteiger partial charge is 0.465 e. The normalized spacial score (nSPS) is 14.0. The first-order valence-corrected chi connectivity index (χ1v) is 8.53. The van der Waals surface area contributed by atoms with Crippen molar-refractivity contribution in [3.8, 4) is 5.69 Å². The zero-order valence-electron chi connectivity index (χ0n) is 15.9. The van der Waals surface area contributed by atoms with Crippen molar-refractivity contribution < 1.29 is 32.2 Å². The summed E-state index contributed by atoms with van der Waals surface area (Å²) in [7, 11) is 2.37. The van der Waals surface area contributed by atoms with E-state index in [9.17, 15) is 22.8 Å². The van der Waals surface area contributed by atoms with Crippen LogP contribution in [0, 0.1) is 0 Å². The second kappa shape index (κ2) is 8.27. The molecule has 0 aliphatic carbocycles. The van der Waals surface area contributed by atoms with E-state index in [-0.39, 0.29) is 11.3 Å². The van der Waals surface area contributed by atoms with E-state index >= 15 is 0 Å². The van der Waals surface area contributed by atoms with Gasteiger partial charge in [-0.1, -0.05) is 6.08 Å². The van der Waals surface area contributed by atoms with Gasteiger partial charge in [-0.2, -0.15) is 18.3 Å². The Hall–Kier alpha value is -3.82. The molecular weight excluding hydrogens is 403 g/mol. The van der Waals surface area contributed by atoms with E-state index < -0.39 is 23.7 Å². The van der Waals surface area contributed by atoms with Gasteiger partial charge in [-0.15, -0.1) is 0 Å². The van der Waals surface area contributed by atoms with Crippen molar-refractivity contribution >= 4 is 17.6 Å². The van der Waals surface area contributed by atoms with E-state index in [0.717, 1.165) is 17.1 Å². The van der Waals surface area contributed by atoms with Crippen LogP contribution in [0.15, 0.2) is 72.4 Å². The lowest BCUT2D eigenvalue weighted by molar-refractivity contribution is -0.139. The Morgan fingerprint density at radius 3 is 2.17 bits per heavy atom. The summed E-state index contributed by atoms with van der Waals surface area (Å²) < 4.78 is 49.0. The van der Waals surface area contributed by atoms with Gasteiger partial charge >= 0.3 is 18.1 Å². The lowest BCUT2D eigenvalue weighted by Gasteiger charge is -2.23. The molecule has 2 heterocycles. The molecule has 7 nitrogen and oxygen atoms in total. The minimum atomic E-state index is -4.49. The smallest absolute Gasteiger partial charge is 0.419 e. The maximum absolute atomic E-state index is 12.8. The number of aromatic nitrogens is 2. The average Bonchev–Trinajstić information content (AvgIpc) is 3.14. The number of hydrogen-bond acceptors (Lipinski definition) is 6. The van der Waals surface area contributed by atoms with E-state index in [2.05, 4.69) is 5.10 Å². The first-order chi connectivity index (χ1) is 14.3. The van der Waals surface area contributed by atoms with Gasteiger partial charge in [0, 0.05) is 18.1 Å². The number of anilines is 1. The Morgan fingerprint density at radius 2 is 1.60 bits per heavy atom. The van der Waals surface area contributed by atoms with Gasteiger partial charge in [-0.25, -0.2) is 14.3 Å². The van der Waals surface area contributed by atoms with Crippen LogP contribution >= 0.6 is 0 Å². The maximum Gasteiger partial charge on any atom is 0.419 e. The predicted octanol–water partition coefficient (Wildman–Crippen LogP) is 3.38. The molecule has 3 rings (SSSR count). The molecule has 10 heteroatoms. The Balaban J connectivity index is 2.00. The molecular formula is C20H16F3N3O4. The van der Waals surface area contributed by atoms with Gasteiger partial charge in [-0.05, 0) is 36.4 Å². The van der Waals surface area contributed by atoms with Crippen molar-refractivity contribution in [3.63, 3.8) is 0 Å². The lowest BCUT2D eigenvalue weighted by atomic mass is 10.1. The fourth-order valence-corrected chi connectivity index (χ4v) is 2.74. The number of allylic oxidation sites excluding steroid dienone is 2. The molecule has 0 radical (unpaired) electrons. The van der Waals surface area contributed by atoms with Crippen LogP contribution in [0.3, 0.4) is 0 Å². The number of esters is 2. The topological polar surface area (TPSA) is 73.7 Å². The number of ether oxygens (including phenoxy) is 2. The average molecular weight is 419 g/mol. The van der Waals surface area contributed by atoms with Crippen LogP contribution in [0.2, 0.25) is 0 Å². The summed E-state index contributed by atoms with van der Waals surface area (Å²) in [5, 5.41) is 3.73. The summed E-state index contributed by atoms with van der Waals surface area (Å²) in [5.41, 5.74) is -0.112. The van der Waals surface area contributed by atoms with Gasteiger partial charge in [0.05, 0.1) is 37.2 Å². The van der Waals surface area contributed by atoms with Crippen molar-refractivity contribution in [3.05, 3.63) is 77.9 Å². The summed E-state index contributed by atoms with van der Waals surface area (Å²) in [6.07, 6.45) is 3.25. The van der Waals surface area contributed by atoms with E-state index in [1.54, 1.807) is 30.5 Å². The Kier molecular flexibility index (Phi) is 5.77. The highest BCUT2D eigenvalue weighted by atomic mass is 19.4. The highest BCUT2D eigenvalue weighted by Gasteiger charge is 2.32. The highest BCUT2D eigenvalue weighted by molar-refractivity contribution is 6.05. The number of nitrogens with zero attached hydrogens (tertiary/aromatic N) is 3. The summed E-state index contributed by atoms with van der Waals surface area (Å²) in [5.74, 6) is -1.49. The fourth-order valence-electron chi connectivity index (χ4n) is 2.74. The van der Waals surface area contributed by atoms with Crippen LogP contribution in [0.25, 0.3) is 5.69 Å². The van der Waals surface area contributed by atoms with Crippen LogP contribution in [0.1, 0.15) is 5.56 Å². The number of halogens is 3. The molecule has 30 heavy (non-hydrogen) atoms. The SMILES string of the molecule is COC(=O)C1=C(C(=O)OC)N(c2ccc(-n3cc(C(F)(F)F)cn3)cc2)C=CC=C1. The summed E-state index contributed by atoms with van der Waals surface area (Å²) >= 11 is 0. The van der Waals surface area contributed by atoms with Crippen molar-refractivity contribution in [2.75, 3.05) is 19.1 Å². The van der Waals surface area contributed by atoms with E-state index in [1.165, 1.54) is 37.3 Å². The monoisotopic (exact) mass is 419 g/mol. The van der Waals surface area contributed by atoms with Gasteiger partial charge in [0.1, 0.15) is 5.70 Å². The maximum atomic E-state index is 12.8. The van der Waals surface area contributed by atoms with E-state index in [4.69, 9.17) is 9.47 Å². The van der Waals surface area contributed by atoms with E-state index in [0.29, 0.717) is 11.4 Å². The molecule has 0 unspecified atom stereocenters. The first-order valence-electron chi connectivity index (χ1n) is 8.53. The highest BCUT2D eigenvalue weighted by Crippen LogP contribution is 2.30. The molecule has 0 saturated heterocycles. The summed E-state index contributed by atoms with van der Waals surface area (Å²) in [4.78, 5) is 26.0. The molecule has 2 aromatic rings. The minimum absolute atomic E-state index is 0.0136. The molecule has 1 aromatic heterocycles. The number of hydrogen-bond donors (Lipinski definition) is 0. The molecule has 0 spiro atoms. The van der Waals surface area contributed by atoms with Crippen molar-refractivity contribution in [1.82, 2.24) is 9.78 Å². The summed E-state index contributed by atoms with van der Waals surface area (Å²) in [6.45, 7) is 0. The van der Waals surface area contributed by atoms with Gasteiger partial charge in [0.25, 0.3) is 0 Å². The molecule has 1 aliphatic heterocycles. The number of rotatable bonds is 4. The fraction of sp³-hybridized carbons (Fsp3) is 0.150. The van der Waals surface area contributed by atoms with Crippen molar-refractivity contribution in [1.29, 1.82) is 0 Å². The molecule has 0 amide bonds. The second-order valence-corrected chi connectivity index (χ2v) is 6.00. The van der Waals surface area contributed by atoms with Crippen LogP contribution < -0.4 is 4.90 Å². The molecule has 0 saturated carbocycles. The Labute approximate surface area is 169 Å². The van der Waals surface area contributed by atoms with Crippen molar-refractivity contribution in [2.24, 2.45) is 0 Å². The molecule has 1 aromatic carbocycles. The standard InChI is InChI=1S/C20H16F3N3O4/c1-29-18(27)16-5-3-4-10-25(17(16)19(28)30-2)14-6-8-15(9-7-14)26-12-13(11-24-26)20(21,22)23/h3-12H,1-2H3. The number of carbonyl (C=O) groups excluding carboxylic acids is 2. The molecule has 156 valence electrons. The van der Waals surface area contributed by atoms with Crippen molar-refractivity contribution in [2.45, 2.75) is 6.18 Å². The molecule has 0 bridgehead atoms. The Morgan fingerprint density at radius 1 is 0.967 bits per heavy atom. The van der Waals surface area contributed by atoms with Crippen LogP contribution in [-0.4, -0.2) is 35.9 Å².